The Morgan fingerprint density at radius 3 is 2.45 bits per heavy atom. The van der Waals surface area contributed by atoms with Crippen LogP contribution in [0.5, 0.6) is 0 Å². The Kier molecular flexibility index (Phi) is 5.31. The van der Waals surface area contributed by atoms with Crippen LogP contribution in [0, 0.1) is 0 Å². The first-order chi connectivity index (χ1) is 10.4. The van der Waals surface area contributed by atoms with Crippen LogP contribution in [0.3, 0.4) is 0 Å². The SMILES string of the molecule is CC(=O)Nc1cccc(NC(=O)c2nc(Br)sc2C(C)C)c1. The number of carbonyl (C=O) groups excluding carboxylic acids is 2. The highest BCUT2D eigenvalue weighted by molar-refractivity contribution is 9.11. The van der Waals surface area contributed by atoms with Gasteiger partial charge >= 0.3 is 0 Å². The van der Waals surface area contributed by atoms with Crippen LogP contribution >= 0.6 is 27.3 Å². The van der Waals surface area contributed by atoms with Crippen LogP contribution in [0.2, 0.25) is 0 Å². The molecule has 2 rings (SSSR count). The summed E-state index contributed by atoms with van der Waals surface area (Å²) in [5.41, 5.74) is 1.67. The molecule has 0 radical (unpaired) electrons. The Balaban J connectivity index is 2.20. The van der Waals surface area contributed by atoms with Gasteiger partial charge in [-0.15, -0.1) is 11.3 Å². The van der Waals surface area contributed by atoms with E-state index in [0.29, 0.717) is 21.0 Å². The number of hydrogen-bond acceptors (Lipinski definition) is 4. The van der Waals surface area contributed by atoms with Crippen LogP contribution < -0.4 is 10.6 Å². The topological polar surface area (TPSA) is 71.1 Å². The van der Waals surface area contributed by atoms with Crippen molar-refractivity contribution in [1.29, 1.82) is 0 Å². The average Bonchev–Trinajstić information content (AvgIpc) is 2.81. The fourth-order valence-corrected chi connectivity index (χ4v) is 3.42. The molecule has 0 saturated heterocycles. The number of rotatable bonds is 4. The molecule has 0 aliphatic carbocycles. The summed E-state index contributed by atoms with van der Waals surface area (Å²) in [6.45, 7) is 5.48. The lowest BCUT2D eigenvalue weighted by atomic mass is 10.1. The highest BCUT2D eigenvalue weighted by Crippen LogP contribution is 2.30. The van der Waals surface area contributed by atoms with E-state index < -0.39 is 0 Å². The van der Waals surface area contributed by atoms with Crippen molar-refractivity contribution >= 4 is 50.5 Å². The largest absolute Gasteiger partial charge is 0.326 e. The van der Waals surface area contributed by atoms with Crippen molar-refractivity contribution in [2.24, 2.45) is 0 Å². The van der Waals surface area contributed by atoms with E-state index >= 15 is 0 Å². The van der Waals surface area contributed by atoms with Crippen LogP contribution in [0.15, 0.2) is 28.2 Å². The van der Waals surface area contributed by atoms with Crippen molar-refractivity contribution in [3.05, 3.63) is 38.8 Å². The maximum absolute atomic E-state index is 12.4. The van der Waals surface area contributed by atoms with Crippen molar-refractivity contribution < 1.29 is 9.59 Å². The summed E-state index contributed by atoms with van der Waals surface area (Å²) >= 11 is 4.78. The lowest BCUT2D eigenvalue weighted by molar-refractivity contribution is -0.114. The molecule has 0 unspecified atom stereocenters. The number of hydrogen-bond donors (Lipinski definition) is 2. The smallest absolute Gasteiger partial charge is 0.275 e. The van der Waals surface area contributed by atoms with Crippen LogP contribution in [-0.2, 0) is 4.79 Å². The van der Waals surface area contributed by atoms with Crippen molar-refractivity contribution in [3.8, 4) is 0 Å². The first-order valence-corrected chi connectivity index (χ1v) is 8.33. The van der Waals surface area contributed by atoms with Gasteiger partial charge < -0.3 is 10.6 Å². The van der Waals surface area contributed by atoms with Crippen LogP contribution in [0.1, 0.15) is 42.1 Å². The zero-order valence-electron chi connectivity index (χ0n) is 12.4. The molecule has 0 aliphatic heterocycles. The summed E-state index contributed by atoms with van der Waals surface area (Å²) in [4.78, 5) is 28.7. The summed E-state index contributed by atoms with van der Waals surface area (Å²) in [6.07, 6.45) is 0. The summed E-state index contributed by atoms with van der Waals surface area (Å²) in [6, 6.07) is 6.99. The molecule has 0 aliphatic rings. The molecule has 0 atom stereocenters. The van der Waals surface area contributed by atoms with Crippen molar-refractivity contribution in [2.75, 3.05) is 10.6 Å². The van der Waals surface area contributed by atoms with Crippen LogP contribution in [-0.4, -0.2) is 16.8 Å². The van der Waals surface area contributed by atoms with E-state index in [-0.39, 0.29) is 17.7 Å². The van der Waals surface area contributed by atoms with E-state index in [1.54, 1.807) is 24.3 Å². The van der Waals surface area contributed by atoms with Crippen LogP contribution in [0.25, 0.3) is 0 Å². The molecular weight excluding hydrogens is 366 g/mol. The predicted molar refractivity (Wildman–Crippen MR) is 92.6 cm³/mol. The Bertz CT molecular complexity index is 713. The van der Waals surface area contributed by atoms with E-state index in [1.807, 2.05) is 13.8 Å². The fourth-order valence-electron chi connectivity index (χ4n) is 1.93. The third kappa shape index (κ3) is 4.14. The Morgan fingerprint density at radius 2 is 1.86 bits per heavy atom. The van der Waals surface area contributed by atoms with E-state index in [9.17, 15) is 9.59 Å². The molecule has 5 nitrogen and oxygen atoms in total. The molecule has 0 bridgehead atoms. The first-order valence-electron chi connectivity index (χ1n) is 6.72. The molecule has 22 heavy (non-hydrogen) atoms. The highest BCUT2D eigenvalue weighted by Gasteiger charge is 2.19. The molecular formula is C15H16BrN3O2S. The molecule has 1 aromatic carbocycles. The number of nitrogens with one attached hydrogen (secondary N) is 2. The number of carbonyl (C=O) groups is 2. The van der Waals surface area contributed by atoms with Gasteiger partial charge in [-0.3, -0.25) is 9.59 Å². The van der Waals surface area contributed by atoms with Gasteiger partial charge in [0.2, 0.25) is 5.91 Å². The highest BCUT2D eigenvalue weighted by atomic mass is 79.9. The summed E-state index contributed by atoms with van der Waals surface area (Å²) in [5.74, 6) is -0.199. The minimum atomic E-state index is -0.259. The number of aromatic nitrogens is 1. The van der Waals surface area contributed by atoms with Gasteiger partial charge in [0, 0.05) is 23.2 Å². The lowest BCUT2D eigenvalue weighted by Crippen LogP contribution is -2.15. The van der Waals surface area contributed by atoms with Crippen LogP contribution in [0.4, 0.5) is 11.4 Å². The number of anilines is 2. The van der Waals surface area contributed by atoms with Gasteiger partial charge in [-0.05, 0) is 40.0 Å². The number of halogens is 1. The van der Waals surface area contributed by atoms with E-state index in [0.717, 1.165) is 4.88 Å². The maximum atomic E-state index is 12.4. The lowest BCUT2D eigenvalue weighted by Gasteiger charge is -2.08. The Hall–Kier alpha value is -1.73. The molecule has 1 aromatic heterocycles. The second-order valence-corrected chi connectivity index (χ2v) is 7.36. The second-order valence-electron chi connectivity index (χ2n) is 5.05. The third-order valence-corrected chi connectivity index (χ3v) is 4.61. The Labute approximate surface area is 141 Å². The van der Waals surface area contributed by atoms with Gasteiger partial charge in [-0.1, -0.05) is 19.9 Å². The van der Waals surface area contributed by atoms with Crippen molar-refractivity contribution in [3.63, 3.8) is 0 Å². The quantitative estimate of drug-likeness (QED) is 0.831. The zero-order chi connectivity index (χ0) is 16.3. The summed E-state index contributed by atoms with van der Waals surface area (Å²) in [7, 11) is 0. The molecule has 2 aromatic rings. The first kappa shape index (κ1) is 16.6. The van der Waals surface area contributed by atoms with Crippen molar-refractivity contribution in [2.45, 2.75) is 26.7 Å². The zero-order valence-corrected chi connectivity index (χ0v) is 14.8. The minimum absolute atomic E-state index is 0.158. The molecule has 0 fully saturated rings. The normalized spacial score (nSPS) is 10.6. The third-order valence-electron chi connectivity index (χ3n) is 2.81. The predicted octanol–water partition coefficient (Wildman–Crippen LogP) is 4.24. The molecule has 1 heterocycles. The van der Waals surface area contributed by atoms with Crippen molar-refractivity contribution in [1.82, 2.24) is 4.98 Å². The van der Waals surface area contributed by atoms with Gasteiger partial charge in [0.05, 0.1) is 0 Å². The monoisotopic (exact) mass is 381 g/mol. The van der Waals surface area contributed by atoms with Gasteiger partial charge in [0.25, 0.3) is 5.91 Å². The van der Waals surface area contributed by atoms with E-state index in [1.165, 1.54) is 18.3 Å². The summed E-state index contributed by atoms with van der Waals surface area (Å²) in [5, 5.41) is 5.49. The van der Waals surface area contributed by atoms with Gasteiger partial charge in [0.1, 0.15) is 5.69 Å². The van der Waals surface area contributed by atoms with Gasteiger partial charge in [-0.2, -0.15) is 0 Å². The number of thiazole rings is 1. The number of nitrogens with zero attached hydrogens (tertiary/aromatic N) is 1. The Morgan fingerprint density at radius 1 is 1.23 bits per heavy atom. The maximum Gasteiger partial charge on any atom is 0.275 e. The molecule has 116 valence electrons. The molecule has 0 saturated carbocycles. The van der Waals surface area contributed by atoms with E-state index in [4.69, 9.17) is 0 Å². The molecule has 2 amide bonds. The molecule has 7 heteroatoms. The molecule has 0 spiro atoms. The molecule has 2 N–H and O–H groups in total. The average molecular weight is 382 g/mol. The van der Waals surface area contributed by atoms with Gasteiger partial charge in [-0.25, -0.2) is 4.98 Å². The number of amides is 2. The number of benzene rings is 1. The standard InChI is InChI=1S/C15H16BrN3O2S/c1-8(2)13-12(19-15(16)22-13)14(21)18-11-6-4-5-10(7-11)17-9(3)20/h4-8H,1-3H3,(H,17,20)(H,18,21). The minimum Gasteiger partial charge on any atom is -0.326 e. The fraction of sp³-hybridized carbons (Fsp3) is 0.267. The van der Waals surface area contributed by atoms with E-state index in [2.05, 4.69) is 31.5 Å². The summed E-state index contributed by atoms with van der Waals surface area (Å²) < 4.78 is 0.688. The second kappa shape index (κ2) is 7.02. The van der Waals surface area contributed by atoms with Gasteiger partial charge in [0.15, 0.2) is 3.92 Å².